The number of hydrogen-bond acceptors (Lipinski definition) is 3. The van der Waals surface area contributed by atoms with Crippen LogP contribution in [0.3, 0.4) is 0 Å². The Morgan fingerprint density at radius 2 is 2.14 bits per heavy atom. The van der Waals surface area contributed by atoms with E-state index >= 15 is 0 Å². The number of aliphatic hydroxyl groups excluding tert-OH is 1. The van der Waals surface area contributed by atoms with Crippen molar-refractivity contribution >= 4 is 10.0 Å². The highest BCUT2D eigenvalue weighted by atomic mass is 32.2. The Hall–Kier alpha value is -0.980. The van der Waals surface area contributed by atoms with Gasteiger partial charge in [-0.25, -0.2) is 17.5 Å². The maximum atomic E-state index is 13.3. The monoisotopic (exact) mass is 315 g/mol. The number of sulfonamides is 1. The van der Waals surface area contributed by atoms with Gasteiger partial charge in [0.25, 0.3) is 0 Å². The first-order valence-corrected chi connectivity index (χ1v) is 8.86. The van der Waals surface area contributed by atoms with E-state index in [-0.39, 0.29) is 16.5 Å². The molecule has 1 saturated carbocycles. The molecule has 1 fully saturated rings. The summed E-state index contributed by atoms with van der Waals surface area (Å²) in [5.74, 6) is -0.0843. The van der Waals surface area contributed by atoms with Crippen molar-refractivity contribution in [3.05, 3.63) is 29.6 Å². The van der Waals surface area contributed by atoms with Gasteiger partial charge in [-0.3, -0.25) is 0 Å². The molecule has 1 aromatic carbocycles. The molecule has 2 atom stereocenters. The van der Waals surface area contributed by atoms with E-state index in [0.717, 1.165) is 44.2 Å². The minimum Gasteiger partial charge on any atom is -0.392 e. The summed E-state index contributed by atoms with van der Waals surface area (Å²) in [6.45, 7) is 1.68. The Morgan fingerprint density at radius 3 is 2.81 bits per heavy atom. The number of rotatable bonds is 5. The van der Waals surface area contributed by atoms with Gasteiger partial charge in [0.15, 0.2) is 0 Å². The largest absolute Gasteiger partial charge is 0.392 e. The first-order chi connectivity index (χ1) is 9.96. The molecule has 0 aromatic heterocycles. The summed E-state index contributed by atoms with van der Waals surface area (Å²) in [6, 6.07) is 3.31. The highest BCUT2D eigenvalue weighted by Crippen LogP contribution is 2.28. The van der Waals surface area contributed by atoms with Crippen LogP contribution < -0.4 is 4.72 Å². The third kappa shape index (κ3) is 4.02. The summed E-state index contributed by atoms with van der Waals surface area (Å²) in [7, 11) is -3.81. The van der Waals surface area contributed by atoms with Gasteiger partial charge in [-0.15, -0.1) is 0 Å². The van der Waals surface area contributed by atoms with E-state index in [0.29, 0.717) is 5.92 Å². The molecule has 0 bridgehead atoms. The normalized spacial score (nSPS) is 23.2. The Balaban J connectivity index is 2.20. The standard InChI is InChI=1S/C15H22FNO3S/c1-2-11-4-3-5-14(8-11)17-21(19,20)15-9-13(16)7-6-12(15)10-18/h6-7,9,11,14,17-18H,2-5,8,10H2,1H3. The van der Waals surface area contributed by atoms with Crippen molar-refractivity contribution in [3.63, 3.8) is 0 Å². The van der Waals surface area contributed by atoms with E-state index in [2.05, 4.69) is 11.6 Å². The second kappa shape index (κ2) is 6.85. The van der Waals surface area contributed by atoms with E-state index < -0.39 is 22.4 Å². The van der Waals surface area contributed by atoms with Crippen molar-refractivity contribution in [2.75, 3.05) is 0 Å². The summed E-state index contributed by atoms with van der Waals surface area (Å²) >= 11 is 0. The third-order valence-corrected chi connectivity index (χ3v) is 5.77. The highest BCUT2D eigenvalue weighted by molar-refractivity contribution is 7.89. The van der Waals surface area contributed by atoms with Crippen LogP contribution in [-0.4, -0.2) is 19.6 Å². The number of hydrogen-bond donors (Lipinski definition) is 2. The van der Waals surface area contributed by atoms with Crippen molar-refractivity contribution < 1.29 is 17.9 Å². The van der Waals surface area contributed by atoms with Gasteiger partial charge in [0.1, 0.15) is 5.82 Å². The molecular weight excluding hydrogens is 293 g/mol. The molecule has 21 heavy (non-hydrogen) atoms. The molecule has 1 aromatic rings. The fraction of sp³-hybridized carbons (Fsp3) is 0.600. The average molecular weight is 315 g/mol. The zero-order valence-corrected chi connectivity index (χ0v) is 13.0. The van der Waals surface area contributed by atoms with Crippen molar-refractivity contribution in [2.24, 2.45) is 5.92 Å². The molecule has 0 saturated heterocycles. The Bertz CT molecular complexity index is 589. The van der Waals surface area contributed by atoms with Gasteiger partial charge in [-0.2, -0.15) is 0 Å². The Kier molecular flexibility index (Phi) is 5.35. The van der Waals surface area contributed by atoms with Crippen LogP contribution in [0.2, 0.25) is 0 Å². The molecule has 4 nitrogen and oxygen atoms in total. The van der Waals surface area contributed by atoms with Crippen molar-refractivity contribution in [3.8, 4) is 0 Å². The SMILES string of the molecule is CCC1CCCC(NS(=O)(=O)c2cc(F)ccc2CO)C1. The van der Waals surface area contributed by atoms with E-state index in [4.69, 9.17) is 0 Å². The molecule has 1 aliphatic carbocycles. The van der Waals surface area contributed by atoms with Crippen LogP contribution in [0.4, 0.5) is 4.39 Å². The van der Waals surface area contributed by atoms with E-state index in [1.165, 1.54) is 6.07 Å². The molecule has 0 heterocycles. The van der Waals surface area contributed by atoms with Gasteiger partial charge in [-0.05, 0) is 36.5 Å². The van der Waals surface area contributed by atoms with E-state index in [1.54, 1.807) is 0 Å². The maximum Gasteiger partial charge on any atom is 0.241 e. The molecule has 2 rings (SSSR count). The second-order valence-electron chi connectivity index (χ2n) is 5.67. The van der Waals surface area contributed by atoms with Crippen LogP contribution in [0, 0.1) is 11.7 Å². The van der Waals surface area contributed by atoms with Crippen LogP contribution in [0.25, 0.3) is 0 Å². The molecule has 2 unspecified atom stereocenters. The number of nitrogens with one attached hydrogen (secondary N) is 1. The van der Waals surface area contributed by atoms with Crippen LogP contribution in [0.15, 0.2) is 23.1 Å². The van der Waals surface area contributed by atoms with Gasteiger partial charge < -0.3 is 5.11 Å². The first-order valence-electron chi connectivity index (χ1n) is 7.38. The van der Waals surface area contributed by atoms with Crippen molar-refractivity contribution in [1.82, 2.24) is 4.72 Å². The molecular formula is C15H22FNO3S. The van der Waals surface area contributed by atoms with Crippen LogP contribution in [0.5, 0.6) is 0 Å². The molecule has 118 valence electrons. The molecule has 6 heteroatoms. The summed E-state index contributed by atoms with van der Waals surface area (Å²) < 4.78 is 40.9. The molecule has 0 radical (unpaired) electrons. The molecule has 0 aliphatic heterocycles. The quantitative estimate of drug-likeness (QED) is 0.877. The van der Waals surface area contributed by atoms with Crippen molar-refractivity contribution in [2.45, 2.75) is 56.6 Å². The lowest BCUT2D eigenvalue weighted by Crippen LogP contribution is -2.38. The summed E-state index contributed by atoms with van der Waals surface area (Å²) in [6.07, 6.45) is 4.80. The second-order valence-corrected chi connectivity index (χ2v) is 7.35. The van der Waals surface area contributed by atoms with Gasteiger partial charge in [0, 0.05) is 6.04 Å². The lowest BCUT2D eigenvalue weighted by molar-refractivity contribution is 0.277. The predicted molar refractivity (Wildman–Crippen MR) is 78.7 cm³/mol. The number of halogens is 1. The predicted octanol–water partition coefficient (Wildman–Crippen LogP) is 2.57. The summed E-state index contributed by atoms with van der Waals surface area (Å²) in [5, 5.41) is 9.24. The van der Waals surface area contributed by atoms with Gasteiger partial charge in [0.05, 0.1) is 11.5 Å². The van der Waals surface area contributed by atoms with Gasteiger partial charge >= 0.3 is 0 Å². The first kappa shape index (κ1) is 16.4. The molecule has 2 N–H and O–H groups in total. The minimum absolute atomic E-state index is 0.108. The van der Waals surface area contributed by atoms with Crippen molar-refractivity contribution in [1.29, 1.82) is 0 Å². The van der Waals surface area contributed by atoms with Crippen LogP contribution in [-0.2, 0) is 16.6 Å². The molecule has 0 spiro atoms. The molecule has 1 aliphatic rings. The number of aliphatic hydroxyl groups is 1. The minimum atomic E-state index is -3.81. The summed E-state index contributed by atoms with van der Waals surface area (Å²) in [4.78, 5) is -0.163. The summed E-state index contributed by atoms with van der Waals surface area (Å²) in [5.41, 5.74) is 0.215. The van der Waals surface area contributed by atoms with E-state index in [1.807, 2.05) is 0 Å². The topological polar surface area (TPSA) is 66.4 Å². The molecule has 0 amide bonds. The average Bonchev–Trinajstić information content (AvgIpc) is 2.47. The Morgan fingerprint density at radius 1 is 1.38 bits per heavy atom. The lowest BCUT2D eigenvalue weighted by atomic mass is 9.85. The van der Waals surface area contributed by atoms with Crippen LogP contribution in [0.1, 0.15) is 44.6 Å². The zero-order valence-electron chi connectivity index (χ0n) is 12.2. The van der Waals surface area contributed by atoms with Crippen LogP contribution >= 0.6 is 0 Å². The number of benzene rings is 1. The van der Waals surface area contributed by atoms with Gasteiger partial charge in [0.2, 0.25) is 10.0 Å². The zero-order chi connectivity index (χ0) is 15.5. The third-order valence-electron chi connectivity index (χ3n) is 4.17. The Labute approximate surface area is 125 Å². The fourth-order valence-electron chi connectivity index (χ4n) is 2.96. The van der Waals surface area contributed by atoms with E-state index in [9.17, 15) is 17.9 Å². The smallest absolute Gasteiger partial charge is 0.241 e. The lowest BCUT2D eigenvalue weighted by Gasteiger charge is -2.29. The van der Waals surface area contributed by atoms with Gasteiger partial charge in [-0.1, -0.05) is 32.3 Å². The highest BCUT2D eigenvalue weighted by Gasteiger charge is 2.27. The maximum absolute atomic E-state index is 13.3. The fourth-order valence-corrected chi connectivity index (χ4v) is 4.49.